The van der Waals surface area contributed by atoms with Gasteiger partial charge in [0.05, 0.1) is 5.69 Å². The molecule has 0 aliphatic heterocycles. The van der Waals surface area contributed by atoms with Crippen molar-refractivity contribution in [3.05, 3.63) is 23.0 Å². The number of amides is 1. The molecule has 1 heterocycles. The van der Waals surface area contributed by atoms with Crippen molar-refractivity contribution in [1.29, 1.82) is 0 Å². The first-order valence-electron chi connectivity index (χ1n) is 5.68. The summed E-state index contributed by atoms with van der Waals surface area (Å²) in [7, 11) is 0. The number of halogens is 1. The number of aromatic nitrogens is 1. The second kappa shape index (κ2) is 6.57. The Balaban J connectivity index is 2.64. The first-order chi connectivity index (χ1) is 8.06. The predicted octanol–water partition coefficient (Wildman–Crippen LogP) is 2.36. The number of aryl methyl sites for hydroxylation is 1. The zero-order chi connectivity index (χ0) is 12.8. The third-order valence-electron chi connectivity index (χ3n) is 2.63. The summed E-state index contributed by atoms with van der Waals surface area (Å²) >= 11 is 5.89. The van der Waals surface area contributed by atoms with Gasteiger partial charge in [-0.2, -0.15) is 0 Å². The summed E-state index contributed by atoms with van der Waals surface area (Å²) in [5.41, 5.74) is 7.07. The lowest BCUT2D eigenvalue weighted by atomic mass is 10.0. The highest BCUT2D eigenvalue weighted by atomic mass is 35.5. The minimum absolute atomic E-state index is 0.0726. The van der Waals surface area contributed by atoms with Gasteiger partial charge in [0, 0.05) is 12.6 Å². The van der Waals surface area contributed by atoms with E-state index in [9.17, 15) is 4.79 Å². The standard InChI is InChI=1S/C12H18ClN3O/c1-3-9(6-14)5-11(17)16-10-4-8(2)7-15-12(10)13/h4,7,9H,3,5-6,14H2,1-2H3,(H,16,17). The van der Waals surface area contributed by atoms with E-state index in [0.717, 1.165) is 12.0 Å². The fraction of sp³-hybridized carbons (Fsp3) is 0.500. The molecule has 1 aromatic heterocycles. The highest BCUT2D eigenvalue weighted by Crippen LogP contribution is 2.20. The molecule has 0 aliphatic rings. The zero-order valence-corrected chi connectivity index (χ0v) is 10.9. The molecule has 3 N–H and O–H groups in total. The topological polar surface area (TPSA) is 68.0 Å². The minimum atomic E-state index is -0.0726. The maximum Gasteiger partial charge on any atom is 0.224 e. The number of anilines is 1. The second-order valence-electron chi connectivity index (χ2n) is 4.11. The van der Waals surface area contributed by atoms with E-state index in [1.165, 1.54) is 0 Å². The molecule has 0 saturated heterocycles. The molecule has 94 valence electrons. The molecule has 1 atom stereocenters. The molecule has 1 amide bonds. The molecule has 0 radical (unpaired) electrons. The molecule has 0 spiro atoms. The van der Waals surface area contributed by atoms with Gasteiger partial charge in [-0.3, -0.25) is 4.79 Å². The fourth-order valence-corrected chi connectivity index (χ4v) is 1.65. The van der Waals surface area contributed by atoms with Crippen molar-refractivity contribution in [2.45, 2.75) is 26.7 Å². The van der Waals surface area contributed by atoms with Crippen LogP contribution in [0, 0.1) is 12.8 Å². The molecular formula is C12H18ClN3O. The van der Waals surface area contributed by atoms with Crippen LogP contribution in [0.2, 0.25) is 5.15 Å². The molecule has 0 aliphatic carbocycles. The van der Waals surface area contributed by atoms with Gasteiger partial charge in [0.1, 0.15) is 0 Å². The van der Waals surface area contributed by atoms with Crippen molar-refractivity contribution in [2.75, 3.05) is 11.9 Å². The lowest BCUT2D eigenvalue weighted by molar-refractivity contribution is -0.117. The van der Waals surface area contributed by atoms with Crippen molar-refractivity contribution in [3.63, 3.8) is 0 Å². The number of nitrogens with two attached hydrogens (primary N) is 1. The van der Waals surface area contributed by atoms with E-state index >= 15 is 0 Å². The lowest BCUT2D eigenvalue weighted by Gasteiger charge is -2.12. The predicted molar refractivity (Wildman–Crippen MR) is 70.1 cm³/mol. The molecule has 4 nitrogen and oxygen atoms in total. The normalized spacial score (nSPS) is 12.2. The molecule has 1 aromatic rings. The number of carbonyl (C=O) groups excluding carboxylic acids is 1. The molecule has 1 rings (SSSR count). The molecule has 0 saturated carbocycles. The van der Waals surface area contributed by atoms with Gasteiger partial charge < -0.3 is 11.1 Å². The van der Waals surface area contributed by atoms with Crippen LogP contribution in [0.5, 0.6) is 0 Å². The monoisotopic (exact) mass is 255 g/mol. The Morgan fingerprint density at radius 3 is 2.94 bits per heavy atom. The van der Waals surface area contributed by atoms with E-state index in [0.29, 0.717) is 23.8 Å². The zero-order valence-electron chi connectivity index (χ0n) is 10.2. The van der Waals surface area contributed by atoms with Crippen LogP contribution in [0.15, 0.2) is 12.3 Å². The van der Waals surface area contributed by atoms with Crippen LogP contribution in [-0.4, -0.2) is 17.4 Å². The van der Waals surface area contributed by atoms with Gasteiger partial charge in [-0.05, 0) is 31.0 Å². The number of nitrogens with one attached hydrogen (secondary N) is 1. The fourth-order valence-electron chi connectivity index (χ4n) is 1.50. The molecule has 0 aromatic carbocycles. The largest absolute Gasteiger partial charge is 0.330 e. The van der Waals surface area contributed by atoms with Crippen LogP contribution >= 0.6 is 11.6 Å². The van der Waals surface area contributed by atoms with E-state index in [4.69, 9.17) is 17.3 Å². The van der Waals surface area contributed by atoms with Gasteiger partial charge in [-0.1, -0.05) is 24.9 Å². The summed E-state index contributed by atoms with van der Waals surface area (Å²) in [5, 5.41) is 3.07. The van der Waals surface area contributed by atoms with Crippen LogP contribution in [0.1, 0.15) is 25.3 Å². The van der Waals surface area contributed by atoms with Crippen molar-refractivity contribution < 1.29 is 4.79 Å². The average molecular weight is 256 g/mol. The third kappa shape index (κ3) is 4.32. The highest BCUT2D eigenvalue weighted by molar-refractivity contribution is 6.32. The van der Waals surface area contributed by atoms with Gasteiger partial charge in [-0.25, -0.2) is 4.98 Å². The van der Waals surface area contributed by atoms with E-state index in [1.807, 2.05) is 13.8 Å². The summed E-state index contributed by atoms with van der Waals surface area (Å²) in [6.07, 6.45) is 2.97. The number of hydrogen-bond acceptors (Lipinski definition) is 3. The smallest absolute Gasteiger partial charge is 0.224 e. The van der Waals surface area contributed by atoms with Crippen molar-refractivity contribution >= 4 is 23.2 Å². The SMILES string of the molecule is CCC(CN)CC(=O)Nc1cc(C)cnc1Cl. The van der Waals surface area contributed by atoms with E-state index in [-0.39, 0.29) is 11.8 Å². The van der Waals surface area contributed by atoms with Crippen molar-refractivity contribution in [2.24, 2.45) is 11.7 Å². The first-order valence-corrected chi connectivity index (χ1v) is 6.06. The molecule has 0 fully saturated rings. The summed E-state index contributed by atoms with van der Waals surface area (Å²) in [6.45, 7) is 4.43. The van der Waals surface area contributed by atoms with Crippen LogP contribution in [0.3, 0.4) is 0 Å². The van der Waals surface area contributed by atoms with Gasteiger partial charge in [0.25, 0.3) is 0 Å². The number of rotatable bonds is 5. The summed E-state index contributed by atoms with van der Waals surface area (Å²) in [5.74, 6) is 0.142. The average Bonchev–Trinajstić information content (AvgIpc) is 2.31. The van der Waals surface area contributed by atoms with E-state index in [1.54, 1.807) is 12.3 Å². The number of pyridine rings is 1. The Labute approximate surface area is 107 Å². The Bertz CT molecular complexity index is 391. The van der Waals surface area contributed by atoms with Crippen molar-refractivity contribution in [1.82, 2.24) is 4.98 Å². The molecule has 1 unspecified atom stereocenters. The van der Waals surface area contributed by atoms with Crippen molar-refractivity contribution in [3.8, 4) is 0 Å². The summed E-state index contributed by atoms with van der Waals surface area (Å²) < 4.78 is 0. The Kier molecular flexibility index (Phi) is 5.38. The first kappa shape index (κ1) is 13.9. The molecular weight excluding hydrogens is 238 g/mol. The van der Waals surface area contributed by atoms with Gasteiger partial charge in [0.2, 0.25) is 5.91 Å². The van der Waals surface area contributed by atoms with Crippen LogP contribution in [0.25, 0.3) is 0 Å². The second-order valence-corrected chi connectivity index (χ2v) is 4.47. The lowest BCUT2D eigenvalue weighted by Crippen LogP contribution is -2.22. The van der Waals surface area contributed by atoms with Crippen LogP contribution in [0.4, 0.5) is 5.69 Å². The van der Waals surface area contributed by atoms with Crippen LogP contribution < -0.4 is 11.1 Å². The Morgan fingerprint density at radius 1 is 1.65 bits per heavy atom. The minimum Gasteiger partial charge on any atom is -0.330 e. The number of hydrogen-bond donors (Lipinski definition) is 2. The third-order valence-corrected chi connectivity index (χ3v) is 2.94. The highest BCUT2D eigenvalue weighted by Gasteiger charge is 2.12. The Hall–Kier alpha value is -1.13. The number of carbonyl (C=O) groups is 1. The quantitative estimate of drug-likeness (QED) is 0.794. The molecule has 0 bridgehead atoms. The van der Waals surface area contributed by atoms with Gasteiger partial charge in [0.15, 0.2) is 5.15 Å². The summed E-state index contributed by atoms with van der Waals surface area (Å²) in [4.78, 5) is 15.7. The van der Waals surface area contributed by atoms with Gasteiger partial charge >= 0.3 is 0 Å². The van der Waals surface area contributed by atoms with E-state index in [2.05, 4.69) is 10.3 Å². The molecule has 5 heteroatoms. The maximum atomic E-state index is 11.8. The maximum absolute atomic E-state index is 11.8. The van der Waals surface area contributed by atoms with E-state index < -0.39 is 0 Å². The van der Waals surface area contributed by atoms with Crippen LogP contribution in [-0.2, 0) is 4.79 Å². The number of nitrogens with zero attached hydrogens (tertiary/aromatic N) is 1. The Morgan fingerprint density at radius 2 is 2.35 bits per heavy atom. The van der Waals surface area contributed by atoms with Gasteiger partial charge in [-0.15, -0.1) is 0 Å². The molecule has 17 heavy (non-hydrogen) atoms. The summed E-state index contributed by atoms with van der Waals surface area (Å²) in [6, 6.07) is 1.80.